The van der Waals surface area contributed by atoms with Gasteiger partial charge in [-0.2, -0.15) is 0 Å². The van der Waals surface area contributed by atoms with Gasteiger partial charge in [-0.1, -0.05) is 12.2 Å². The topological polar surface area (TPSA) is 74.7 Å². The standard InChI is InChI=1S/C12H13NO4/c14-8(15)3-4-13-11(16)9-6-1-2-7(5-6)10(9)12(13)17/h1-2,6-7,9-10H,3-5H2,(H,14,15)/t6-,7-,9-,10-/m1/s1. The first-order valence-electron chi connectivity index (χ1n) is 5.85. The number of nitrogens with zero attached hydrogens (tertiary/aromatic N) is 1. The van der Waals surface area contributed by atoms with Crippen molar-refractivity contribution in [1.29, 1.82) is 0 Å². The third-order valence-electron chi connectivity index (χ3n) is 4.11. The molecule has 17 heavy (non-hydrogen) atoms. The molecule has 90 valence electrons. The highest BCUT2D eigenvalue weighted by Crippen LogP contribution is 2.52. The number of carbonyl (C=O) groups excluding carboxylic acids is 2. The number of allylic oxidation sites excluding steroid dienone is 2. The molecule has 1 heterocycles. The summed E-state index contributed by atoms with van der Waals surface area (Å²) in [6.45, 7) is 0.0133. The highest BCUT2D eigenvalue weighted by atomic mass is 16.4. The molecule has 0 aromatic heterocycles. The lowest BCUT2D eigenvalue weighted by molar-refractivity contribution is -0.142. The van der Waals surface area contributed by atoms with Crippen molar-refractivity contribution in [1.82, 2.24) is 4.90 Å². The Bertz CT molecular complexity index is 412. The fourth-order valence-electron chi connectivity index (χ4n) is 3.39. The highest BCUT2D eigenvalue weighted by Gasteiger charge is 2.58. The molecule has 1 N–H and O–H groups in total. The zero-order valence-electron chi connectivity index (χ0n) is 9.20. The first kappa shape index (κ1) is 10.5. The second kappa shape index (κ2) is 3.42. The van der Waals surface area contributed by atoms with Crippen LogP contribution in [0.4, 0.5) is 0 Å². The Morgan fingerprint density at radius 1 is 1.24 bits per heavy atom. The van der Waals surface area contributed by atoms with Crippen LogP contribution in [0.1, 0.15) is 12.8 Å². The molecule has 1 saturated heterocycles. The van der Waals surface area contributed by atoms with Gasteiger partial charge < -0.3 is 5.11 Å². The van der Waals surface area contributed by atoms with Gasteiger partial charge in [0.1, 0.15) is 0 Å². The second-order valence-corrected chi connectivity index (χ2v) is 4.97. The van der Waals surface area contributed by atoms with Gasteiger partial charge in [-0.25, -0.2) is 0 Å². The van der Waals surface area contributed by atoms with E-state index < -0.39 is 5.97 Å². The van der Waals surface area contributed by atoms with Crippen molar-refractivity contribution in [2.45, 2.75) is 12.8 Å². The smallest absolute Gasteiger partial charge is 0.305 e. The molecule has 5 nitrogen and oxygen atoms in total. The number of amides is 2. The van der Waals surface area contributed by atoms with E-state index in [1.54, 1.807) is 0 Å². The number of imide groups is 1. The third-order valence-corrected chi connectivity index (χ3v) is 4.11. The summed E-state index contributed by atoms with van der Waals surface area (Å²) >= 11 is 0. The van der Waals surface area contributed by atoms with E-state index in [1.807, 2.05) is 12.2 Å². The number of hydrogen-bond acceptors (Lipinski definition) is 3. The molecule has 0 aromatic rings. The Labute approximate surface area is 98.1 Å². The summed E-state index contributed by atoms with van der Waals surface area (Å²) in [6, 6.07) is 0. The molecule has 2 fully saturated rings. The first-order valence-corrected chi connectivity index (χ1v) is 5.85. The van der Waals surface area contributed by atoms with Crippen LogP contribution < -0.4 is 0 Å². The maximum atomic E-state index is 12.1. The van der Waals surface area contributed by atoms with E-state index in [2.05, 4.69) is 0 Å². The minimum absolute atomic E-state index is 0.0133. The summed E-state index contributed by atoms with van der Waals surface area (Å²) in [4.78, 5) is 35.8. The molecular weight excluding hydrogens is 222 g/mol. The van der Waals surface area contributed by atoms with Crippen LogP contribution in [0.3, 0.4) is 0 Å². The lowest BCUT2D eigenvalue weighted by Gasteiger charge is -2.15. The Kier molecular flexibility index (Phi) is 2.11. The van der Waals surface area contributed by atoms with Crippen molar-refractivity contribution in [3.05, 3.63) is 12.2 Å². The van der Waals surface area contributed by atoms with Gasteiger partial charge in [-0.05, 0) is 18.3 Å². The summed E-state index contributed by atoms with van der Waals surface area (Å²) in [5.74, 6) is -1.37. The molecule has 0 spiro atoms. The van der Waals surface area contributed by atoms with Gasteiger partial charge in [0, 0.05) is 6.54 Å². The molecular formula is C12H13NO4. The Balaban J connectivity index is 1.80. The summed E-state index contributed by atoms with van der Waals surface area (Å²) in [5.41, 5.74) is 0. The van der Waals surface area contributed by atoms with Crippen molar-refractivity contribution < 1.29 is 19.5 Å². The predicted molar refractivity (Wildman–Crippen MR) is 56.7 cm³/mol. The van der Waals surface area contributed by atoms with Crippen LogP contribution in [-0.2, 0) is 14.4 Å². The van der Waals surface area contributed by atoms with Crippen LogP contribution in [0.25, 0.3) is 0 Å². The van der Waals surface area contributed by atoms with Gasteiger partial charge in [0.25, 0.3) is 0 Å². The molecule has 2 aliphatic carbocycles. The summed E-state index contributed by atoms with van der Waals surface area (Å²) in [5, 5.41) is 8.60. The van der Waals surface area contributed by atoms with E-state index in [0.29, 0.717) is 0 Å². The fraction of sp³-hybridized carbons (Fsp3) is 0.583. The minimum Gasteiger partial charge on any atom is -0.481 e. The quantitative estimate of drug-likeness (QED) is 0.562. The molecule has 3 aliphatic rings. The van der Waals surface area contributed by atoms with Crippen LogP contribution in [0.2, 0.25) is 0 Å². The van der Waals surface area contributed by atoms with Gasteiger partial charge in [0.2, 0.25) is 11.8 Å². The molecule has 2 bridgehead atoms. The van der Waals surface area contributed by atoms with Gasteiger partial charge in [0.05, 0.1) is 18.3 Å². The SMILES string of the molecule is O=C(O)CCN1C(=O)[C@H]2[C@H](C1=O)[C@@H]1C=C[C@@H]2C1. The predicted octanol–water partition coefficient (Wildman–Crippen LogP) is 0.268. The van der Waals surface area contributed by atoms with Crippen LogP contribution in [0.15, 0.2) is 12.2 Å². The first-order chi connectivity index (χ1) is 8.09. The van der Waals surface area contributed by atoms with Gasteiger partial charge >= 0.3 is 5.97 Å². The number of fused-ring (bicyclic) bond motifs is 5. The van der Waals surface area contributed by atoms with Crippen molar-refractivity contribution in [2.75, 3.05) is 6.54 Å². The molecule has 4 atom stereocenters. The average Bonchev–Trinajstić information content (AvgIpc) is 2.92. The van der Waals surface area contributed by atoms with E-state index in [1.165, 1.54) is 0 Å². The molecule has 1 aliphatic heterocycles. The summed E-state index contributed by atoms with van der Waals surface area (Å²) in [7, 11) is 0. The molecule has 2 amide bonds. The number of rotatable bonds is 3. The van der Waals surface area contributed by atoms with Crippen molar-refractivity contribution in [3.63, 3.8) is 0 Å². The fourth-order valence-corrected chi connectivity index (χ4v) is 3.39. The van der Waals surface area contributed by atoms with Crippen molar-refractivity contribution in [2.24, 2.45) is 23.7 Å². The second-order valence-electron chi connectivity index (χ2n) is 4.97. The molecule has 0 aromatic carbocycles. The van der Waals surface area contributed by atoms with Crippen molar-refractivity contribution in [3.8, 4) is 0 Å². The summed E-state index contributed by atoms with van der Waals surface area (Å²) in [6.07, 6.45) is 4.79. The maximum absolute atomic E-state index is 12.1. The Morgan fingerprint density at radius 3 is 2.24 bits per heavy atom. The van der Waals surface area contributed by atoms with Gasteiger partial charge in [0.15, 0.2) is 0 Å². The Hall–Kier alpha value is -1.65. The number of carboxylic acids is 1. The van der Waals surface area contributed by atoms with Crippen LogP contribution in [0.5, 0.6) is 0 Å². The lowest BCUT2D eigenvalue weighted by Crippen LogP contribution is -2.34. The van der Waals surface area contributed by atoms with E-state index >= 15 is 0 Å². The number of carbonyl (C=O) groups is 3. The normalized spacial score (nSPS) is 38.0. The van der Waals surface area contributed by atoms with Crippen molar-refractivity contribution >= 4 is 17.8 Å². The van der Waals surface area contributed by atoms with E-state index in [0.717, 1.165) is 11.3 Å². The zero-order chi connectivity index (χ0) is 12.2. The number of carboxylic acid groups (broad SMARTS) is 1. The molecule has 3 rings (SSSR count). The molecule has 1 saturated carbocycles. The maximum Gasteiger partial charge on any atom is 0.305 e. The minimum atomic E-state index is -0.983. The van der Waals surface area contributed by atoms with Crippen LogP contribution in [-0.4, -0.2) is 34.3 Å². The van der Waals surface area contributed by atoms with E-state index in [9.17, 15) is 14.4 Å². The highest BCUT2D eigenvalue weighted by molar-refractivity contribution is 6.06. The van der Waals surface area contributed by atoms with E-state index in [4.69, 9.17) is 5.11 Å². The largest absolute Gasteiger partial charge is 0.481 e. The molecule has 0 unspecified atom stereocenters. The monoisotopic (exact) mass is 235 g/mol. The number of hydrogen-bond donors (Lipinski definition) is 1. The van der Waals surface area contributed by atoms with Gasteiger partial charge in [-0.15, -0.1) is 0 Å². The zero-order valence-corrected chi connectivity index (χ0v) is 9.20. The molecule has 5 heteroatoms. The van der Waals surface area contributed by atoms with Crippen LogP contribution >= 0.6 is 0 Å². The molecule has 0 radical (unpaired) electrons. The number of aliphatic carboxylic acids is 1. The summed E-state index contributed by atoms with van der Waals surface area (Å²) < 4.78 is 0. The third kappa shape index (κ3) is 1.34. The van der Waals surface area contributed by atoms with Gasteiger partial charge in [-0.3, -0.25) is 19.3 Å². The van der Waals surface area contributed by atoms with Crippen LogP contribution in [0, 0.1) is 23.7 Å². The average molecular weight is 235 g/mol. The number of likely N-dealkylation sites (tertiary alicyclic amines) is 1. The van der Waals surface area contributed by atoms with E-state index in [-0.39, 0.29) is 48.5 Å². The Morgan fingerprint density at radius 2 is 1.76 bits per heavy atom. The lowest BCUT2D eigenvalue weighted by atomic mass is 9.85.